The summed E-state index contributed by atoms with van der Waals surface area (Å²) in [7, 11) is 0. The van der Waals surface area contributed by atoms with Gasteiger partial charge in [0.2, 0.25) is 5.91 Å². The molecule has 2 N–H and O–H groups in total. The molecule has 0 saturated carbocycles. The minimum Gasteiger partial charge on any atom is -0.468 e. The number of nitrogens with one attached hydrogen (secondary N) is 2. The molecule has 2 aromatic heterocycles. The third kappa shape index (κ3) is 5.58. The number of imide groups is 1. The van der Waals surface area contributed by atoms with Gasteiger partial charge in [-0.2, -0.15) is 0 Å². The lowest BCUT2D eigenvalue weighted by molar-refractivity contribution is -0.121. The smallest absolute Gasteiger partial charge is 0.325 e. The first kappa shape index (κ1) is 17.9. The van der Waals surface area contributed by atoms with E-state index in [1.54, 1.807) is 29.7 Å². The minimum absolute atomic E-state index is 0.0841. The first-order chi connectivity index (χ1) is 12.7. The molecule has 3 aromatic rings. The molecule has 0 spiro atoms. The van der Waals surface area contributed by atoms with Gasteiger partial charge >= 0.3 is 6.03 Å². The second kappa shape index (κ2) is 8.98. The average molecular weight is 369 g/mol. The molecule has 3 amide bonds. The average Bonchev–Trinajstić information content (AvgIpc) is 3.29. The number of benzene rings is 1. The van der Waals surface area contributed by atoms with E-state index in [0.29, 0.717) is 18.8 Å². The zero-order valence-corrected chi connectivity index (χ0v) is 14.9. The van der Waals surface area contributed by atoms with Gasteiger partial charge in [-0.1, -0.05) is 24.3 Å². The van der Waals surface area contributed by atoms with Crippen LogP contribution in [-0.4, -0.2) is 23.4 Å². The molecule has 0 atom stereocenters. The molecule has 0 aliphatic carbocycles. The van der Waals surface area contributed by atoms with Gasteiger partial charge in [-0.25, -0.2) is 4.79 Å². The van der Waals surface area contributed by atoms with Crippen LogP contribution in [0.2, 0.25) is 0 Å². The number of amides is 3. The minimum atomic E-state index is -0.546. The lowest BCUT2D eigenvalue weighted by Crippen LogP contribution is -2.41. The van der Waals surface area contributed by atoms with Gasteiger partial charge in [-0.15, -0.1) is 11.3 Å². The van der Waals surface area contributed by atoms with Crippen molar-refractivity contribution in [3.63, 3.8) is 0 Å². The van der Waals surface area contributed by atoms with Crippen molar-refractivity contribution in [1.82, 2.24) is 10.2 Å². The Morgan fingerprint density at radius 3 is 2.54 bits per heavy atom. The molecule has 0 fully saturated rings. The number of rotatable bonds is 7. The molecule has 0 unspecified atom stereocenters. The van der Waals surface area contributed by atoms with Crippen LogP contribution in [0.15, 0.2) is 70.7 Å². The molecule has 134 valence electrons. The van der Waals surface area contributed by atoms with Crippen molar-refractivity contribution in [2.24, 2.45) is 0 Å². The van der Waals surface area contributed by atoms with E-state index >= 15 is 0 Å². The number of furan rings is 1. The monoisotopic (exact) mass is 369 g/mol. The fourth-order valence-corrected chi connectivity index (χ4v) is 3.21. The normalized spacial score (nSPS) is 10.7. The van der Waals surface area contributed by atoms with E-state index in [4.69, 9.17) is 4.42 Å². The predicted molar refractivity (Wildman–Crippen MR) is 101 cm³/mol. The first-order valence-electron chi connectivity index (χ1n) is 8.12. The second-order valence-corrected chi connectivity index (χ2v) is 6.70. The molecule has 26 heavy (non-hydrogen) atoms. The van der Waals surface area contributed by atoms with Crippen LogP contribution in [0.5, 0.6) is 0 Å². The topological polar surface area (TPSA) is 74.6 Å². The third-order valence-electron chi connectivity index (χ3n) is 3.57. The standard InChI is InChI=1S/C19H19N3O3S/c23-18(21-19(24)20-15-6-2-1-3-7-15)14-22(12-16-8-4-10-25-16)13-17-9-5-11-26-17/h1-11H,12-14H2,(H2,20,21,23,24). The Hall–Kier alpha value is -2.90. The van der Waals surface area contributed by atoms with Crippen molar-refractivity contribution in [1.29, 1.82) is 0 Å². The largest absolute Gasteiger partial charge is 0.468 e. The van der Waals surface area contributed by atoms with Gasteiger partial charge in [0.1, 0.15) is 5.76 Å². The molecule has 0 bridgehead atoms. The van der Waals surface area contributed by atoms with Crippen molar-refractivity contribution in [2.75, 3.05) is 11.9 Å². The summed E-state index contributed by atoms with van der Waals surface area (Å²) in [4.78, 5) is 27.3. The van der Waals surface area contributed by atoms with Gasteiger partial charge in [-0.3, -0.25) is 15.0 Å². The molecule has 6 nitrogen and oxygen atoms in total. The van der Waals surface area contributed by atoms with Crippen molar-refractivity contribution >= 4 is 29.0 Å². The second-order valence-electron chi connectivity index (χ2n) is 5.67. The summed E-state index contributed by atoms with van der Waals surface area (Å²) in [6.45, 7) is 1.17. The molecule has 0 saturated heterocycles. The number of hydrogen-bond acceptors (Lipinski definition) is 5. The molecular formula is C19H19N3O3S. The summed E-state index contributed by atoms with van der Waals surface area (Å²) < 4.78 is 5.38. The molecule has 0 aliphatic rings. The fourth-order valence-electron chi connectivity index (χ4n) is 2.47. The lowest BCUT2D eigenvalue weighted by Gasteiger charge is -2.19. The van der Waals surface area contributed by atoms with Crippen LogP contribution in [0.3, 0.4) is 0 Å². The van der Waals surface area contributed by atoms with Gasteiger partial charge in [0, 0.05) is 17.1 Å². The van der Waals surface area contributed by atoms with Gasteiger partial charge in [-0.05, 0) is 35.7 Å². The molecule has 2 heterocycles. The number of para-hydroxylation sites is 1. The Kier molecular flexibility index (Phi) is 6.19. The summed E-state index contributed by atoms with van der Waals surface area (Å²) in [6.07, 6.45) is 1.60. The quantitative estimate of drug-likeness (QED) is 0.666. The number of anilines is 1. The third-order valence-corrected chi connectivity index (χ3v) is 4.43. The Morgan fingerprint density at radius 1 is 1.00 bits per heavy atom. The number of urea groups is 1. The van der Waals surface area contributed by atoms with Gasteiger partial charge in [0.25, 0.3) is 0 Å². The number of carbonyl (C=O) groups excluding carboxylic acids is 2. The lowest BCUT2D eigenvalue weighted by atomic mass is 10.3. The van der Waals surface area contributed by atoms with Crippen molar-refractivity contribution < 1.29 is 14.0 Å². The zero-order chi connectivity index (χ0) is 18.2. The first-order valence-corrected chi connectivity index (χ1v) is 9.00. The van der Waals surface area contributed by atoms with E-state index in [1.807, 2.05) is 52.7 Å². The van der Waals surface area contributed by atoms with Crippen molar-refractivity contribution in [3.8, 4) is 0 Å². The van der Waals surface area contributed by atoms with Crippen LogP contribution in [0.1, 0.15) is 10.6 Å². The number of carbonyl (C=O) groups is 2. The van der Waals surface area contributed by atoms with Crippen LogP contribution in [0.25, 0.3) is 0 Å². The van der Waals surface area contributed by atoms with Gasteiger partial charge < -0.3 is 9.73 Å². The maximum absolute atomic E-state index is 12.3. The van der Waals surface area contributed by atoms with E-state index in [9.17, 15) is 9.59 Å². The summed E-state index contributed by atoms with van der Waals surface area (Å²) in [6, 6.07) is 16.1. The number of thiophene rings is 1. The molecule has 3 rings (SSSR count). The summed E-state index contributed by atoms with van der Waals surface area (Å²) in [5.41, 5.74) is 0.629. The summed E-state index contributed by atoms with van der Waals surface area (Å²) in [5.74, 6) is 0.393. The molecule has 7 heteroatoms. The predicted octanol–water partition coefficient (Wildman–Crippen LogP) is 3.69. The highest BCUT2D eigenvalue weighted by molar-refractivity contribution is 7.09. The van der Waals surface area contributed by atoms with E-state index in [2.05, 4.69) is 10.6 Å². The fraction of sp³-hybridized carbons (Fsp3) is 0.158. The zero-order valence-electron chi connectivity index (χ0n) is 14.1. The van der Waals surface area contributed by atoms with Crippen LogP contribution < -0.4 is 10.6 Å². The summed E-state index contributed by atoms with van der Waals surface area (Å²) in [5, 5.41) is 6.99. The highest BCUT2D eigenvalue weighted by atomic mass is 32.1. The Balaban J connectivity index is 1.56. The van der Waals surface area contributed by atoms with E-state index in [1.165, 1.54) is 0 Å². The number of nitrogens with zero attached hydrogens (tertiary/aromatic N) is 1. The SMILES string of the molecule is O=C(CN(Cc1ccco1)Cc1cccs1)NC(=O)Nc1ccccc1. The number of hydrogen-bond donors (Lipinski definition) is 2. The maximum atomic E-state index is 12.3. The van der Waals surface area contributed by atoms with Crippen LogP contribution >= 0.6 is 11.3 Å². The van der Waals surface area contributed by atoms with E-state index in [0.717, 1.165) is 10.6 Å². The Labute approximate surface area is 155 Å². The Bertz CT molecular complexity index is 781. The van der Waals surface area contributed by atoms with E-state index in [-0.39, 0.29) is 12.5 Å². The van der Waals surface area contributed by atoms with Crippen LogP contribution in [0, 0.1) is 0 Å². The molecule has 0 aliphatic heterocycles. The maximum Gasteiger partial charge on any atom is 0.325 e. The highest BCUT2D eigenvalue weighted by Gasteiger charge is 2.16. The molecule has 0 radical (unpaired) electrons. The van der Waals surface area contributed by atoms with Crippen molar-refractivity contribution in [3.05, 3.63) is 76.9 Å². The van der Waals surface area contributed by atoms with Crippen LogP contribution in [0.4, 0.5) is 10.5 Å². The van der Waals surface area contributed by atoms with Gasteiger partial charge in [0.15, 0.2) is 0 Å². The highest BCUT2D eigenvalue weighted by Crippen LogP contribution is 2.14. The van der Waals surface area contributed by atoms with E-state index < -0.39 is 6.03 Å². The Morgan fingerprint density at radius 2 is 1.85 bits per heavy atom. The molecular weight excluding hydrogens is 350 g/mol. The van der Waals surface area contributed by atoms with Gasteiger partial charge in [0.05, 0.1) is 19.4 Å². The van der Waals surface area contributed by atoms with Crippen molar-refractivity contribution in [2.45, 2.75) is 13.1 Å². The van der Waals surface area contributed by atoms with Crippen LogP contribution in [-0.2, 0) is 17.9 Å². The molecule has 1 aromatic carbocycles. The summed E-state index contributed by atoms with van der Waals surface area (Å²) >= 11 is 1.62.